The summed E-state index contributed by atoms with van der Waals surface area (Å²) in [5.41, 5.74) is 6.78. The van der Waals surface area contributed by atoms with Crippen LogP contribution in [0.3, 0.4) is 0 Å². The van der Waals surface area contributed by atoms with Crippen molar-refractivity contribution in [2.24, 2.45) is 5.92 Å². The molecule has 2 rings (SSSR count). The van der Waals surface area contributed by atoms with Gasteiger partial charge in [0.1, 0.15) is 5.75 Å². The molecule has 1 aromatic carbocycles. The van der Waals surface area contributed by atoms with Crippen molar-refractivity contribution >= 4 is 11.6 Å². The maximum atomic E-state index is 12.1. The highest BCUT2D eigenvalue weighted by atomic mass is 16.5. The van der Waals surface area contributed by atoms with Gasteiger partial charge in [-0.15, -0.1) is 0 Å². The van der Waals surface area contributed by atoms with Crippen LogP contribution in [0.2, 0.25) is 0 Å². The van der Waals surface area contributed by atoms with Crippen molar-refractivity contribution in [3.63, 3.8) is 0 Å². The number of nitrogens with two attached hydrogens (primary N) is 1. The number of carbonyl (C=O) groups excluding carboxylic acids is 1. The molecular formula is C14H21N3O2. The number of para-hydroxylation sites is 1. The first-order chi connectivity index (χ1) is 9.11. The normalized spacial score (nSPS) is 19.4. The van der Waals surface area contributed by atoms with E-state index in [9.17, 15) is 4.79 Å². The molecule has 1 amide bonds. The van der Waals surface area contributed by atoms with Gasteiger partial charge in [0.2, 0.25) is 0 Å². The zero-order valence-corrected chi connectivity index (χ0v) is 11.5. The molecule has 1 unspecified atom stereocenters. The van der Waals surface area contributed by atoms with Crippen LogP contribution in [0.25, 0.3) is 0 Å². The Morgan fingerprint density at radius 3 is 3.00 bits per heavy atom. The third-order valence-electron chi connectivity index (χ3n) is 3.57. The molecule has 19 heavy (non-hydrogen) atoms. The molecule has 0 bridgehead atoms. The van der Waals surface area contributed by atoms with E-state index in [1.165, 1.54) is 0 Å². The molecule has 1 saturated heterocycles. The molecule has 1 heterocycles. The zero-order valence-electron chi connectivity index (χ0n) is 11.5. The Hall–Kier alpha value is -1.75. The van der Waals surface area contributed by atoms with Gasteiger partial charge in [-0.05, 0) is 38.1 Å². The quantitative estimate of drug-likeness (QED) is 0.794. The van der Waals surface area contributed by atoms with Crippen molar-refractivity contribution < 1.29 is 9.53 Å². The summed E-state index contributed by atoms with van der Waals surface area (Å²) < 4.78 is 5.12. The molecule has 5 nitrogen and oxygen atoms in total. The van der Waals surface area contributed by atoms with E-state index in [1.807, 2.05) is 0 Å². The Balaban J connectivity index is 1.96. The number of amides is 1. The number of ether oxygens (including phenoxy) is 1. The monoisotopic (exact) mass is 263 g/mol. The second-order valence-corrected chi connectivity index (χ2v) is 5.05. The lowest BCUT2D eigenvalue weighted by Gasteiger charge is -2.13. The number of likely N-dealkylation sites (tertiary alicyclic amines) is 1. The maximum Gasteiger partial charge on any atom is 0.253 e. The van der Waals surface area contributed by atoms with Crippen LogP contribution in [0.4, 0.5) is 5.69 Å². The third kappa shape index (κ3) is 3.17. The third-order valence-corrected chi connectivity index (χ3v) is 3.57. The summed E-state index contributed by atoms with van der Waals surface area (Å²) in [5, 5.41) is 2.95. The van der Waals surface area contributed by atoms with Gasteiger partial charge >= 0.3 is 0 Å². The van der Waals surface area contributed by atoms with E-state index in [2.05, 4.69) is 17.3 Å². The number of hydrogen-bond acceptors (Lipinski definition) is 4. The lowest BCUT2D eigenvalue weighted by molar-refractivity contribution is 0.0948. The summed E-state index contributed by atoms with van der Waals surface area (Å²) in [6.45, 7) is 2.83. The van der Waals surface area contributed by atoms with Crippen LogP contribution in [0.5, 0.6) is 5.75 Å². The Morgan fingerprint density at radius 1 is 1.58 bits per heavy atom. The van der Waals surface area contributed by atoms with Crippen LogP contribution in [0.1, 0.15) is 16.8 Å². The molecule has 0 aromatic heterocycles. The van der Waals surface area contributed by atoms with Crippen LogP contribution < -0.4 is 15.8 Å². The van der Waals surface area contributed by atoms with Gasteiger partial charge in [0, 0.05) is 13.1 Å². The van der Waals surface area contributed by atoms with Crippen molar-refractivity contribution in [2.75, 3.05) is 39.5 Å². The molecule has 0 radical (unpaired) electrons. The van der Waals surface area contributed by atoms with Crippen molar-refractivity contribution in [1.29, 1.82) is 0 Å². The number of nitrogens with one attached hydrogen (secondary N) is 1. The largest absolute Gasteiger partial charge is 0.495 e. The topological polar surface area (TPSA) is 67.6 Å². The average molecular weight is 263 g/mol. The zero-order chi connectivity index (χ0) is 13.8. The summed E-state index contributed by atoms with van der Waals surface area (Å²) >= 11 is 0. The van der Waals surface area contributed by atoms with E-state index in [-0.39, 0.29) is 5.91 Å². The number of carbonyl (C=O) groups is 1. The number of benzene rings is 1. The van der Waals surface area contributed by atoms with Crippen LogP contribution in [0.15, 0.2) is 18.2 Å². The van der Waals surface area contributed by atoms with Gasteiger partial charge in [0.05, 0.1) is 18.4 Å². The second-order valence-electron chi connectivity index (χ2n) is 5.05. The summed E-state index contributed by atoms with van der Waals surface area (Å²) in [7, 11) is 3.64. The molecule has 1 aliphatic rings. The Morgan fingerprint density at radius 2 is 2.37 bits per heavy atom. The first-order valence-corrected chi connectivity index (χ1v) is 6.51. The molecule has 1 aromatic rings. The van der Waals surface area contributed by atoms with Crippen molar-refractivity contribution in [3.8, 4) is 5.75 Å². The lowest BCUT2D eigenvalue weighted by atomic mass is 10.1. The second kappa shape index (κ2) is 5.93. The smallest absolute Gasteiger partial charge is 0.253 e. The van der Waals surface area contributed by atoms with Crippen molar-refractivity contribution in [2.45, 2.75) is 6.42 Å². The fourth-order valence-corrected chi connectivity index (χ4v) is 2.45. The van der Waals surface area contributed by atoms with Gasteiger partial charge in [-0.25, -0.2) is 0 Å². The Bertz CT molecular complexity index is 462. The molecule has 104 valence electrons. The van der Waals surface area contributed by atoms with Gasteiger partial charge in [0.25, 0.3) is 5.91 Å². The standard InChI is InChI=1S/C14H21N3O2/c1-17-7-6-10(9-17)8-16-14(18)11-4-3-5-12(19-2)13(11)15/h3-5,10H,6-9,15H2,1-2H3,(H,16,18). The number of methoxy groups -OCH3 is 1. The molecule has 1 atom stereocenters. The Kier molecular flexibility index (Phi) is 4.27. The number of nitrogens with zero attached hydrogens (tertiary/aromatic N) is 1. The highest BCUT2D eigenvalue weighted by molar-refractivity contribution is 6.00. The van der Waals surface area contributed by atoms with Gasteiger partial charge in [-0.2, -0.15) is 0 Å². The molecule has 5 heteroatoms. The van der Waals surface area contributed by atoms with E-state index < -0.39 is 0 Å². The summed E-state index contributed by atoms with van der Waals surface area (Å²) in [5.74, 6) is 0.931. The summed E-state index contributed by atoms with van der Waals surface area (Å²) in [4.78, 5) is 14.4. The summed E-state index contributed by atoms with van der Waals surface area (Å²) in [6, 6.07) is 5.24. The molecule has 1 aliphatic heterocycles. The average Bonchev–Trinajstić information content (AvgIpc) is 2.82. The highest BCUT2D eigenvalue weighted by Gasteiger charge is 2.20. The number of hydrogen-bond donors (Lipinski definition) is 2. The number of anilines is 1. The van der Waals surface area contributed by atoms with E-state index >= 15 is 0 Å². The van der Waals surface area contributed by atoms with Gasteiger partial charge in [-0.1, -0.05) is 6.07 Å². The molecule has 1 fully saturated rings. The van der Waals surface area contributed by atoms with E-state index in [0.29, 0.717) is 29.5 Å². The fraction of sp³-hybridized carbons (Fsp3) is 0.500. The van der Waals surface area contributed by atoms with Crippen molar-refractivity contribution in [1.82, 2.24) is 10.2 Å². The lowest BCUT2D eigenvalue weighted by Crippen LogP contribution is -2.31. The minimum Gasteiger partial charge on any atom is -0.495 e. The summed E-state index contributed by atoms with van der Waals surface area (Å²) in [6.07, 6.45) is 1.13. The minimum atomic E-state index is -0.133. The van der Waals surface area contributed by atoms with Gasteiger partial charge in [0.15, 0.2) is 0 Å². The predicted molar refractivity (Wildman–Crippen MR) is 75.3 cm³/mol. The molecule has 0 aliphatic carbocycles. The SMILES string of the molecule is COc1cccc(C(=O)NCC2CCN(C)C2)c1N. The molecule has 0 saturated carbocycles. The van der Waals surface area contributed by atoms with E-state index in [0.717, 1.165) is 19.5 Å². The van der Waals surface area contributed by atoms with Gasteiger partial charge in [-0.3, -0.25) is 4.79 Å². The molecule has 0 spiro atoms. The van der Waals surface area contributed by atoms with E-state index in [1.54, 1.807) is 25.3 Å². The predicted octanol–water partition coefficient (Wildman–Crippen LogP) is 0.959. The van der Waals surface area contributed by atoms with Crippen LogP contribution in [-0.4, -0.2) is 44.6 Å². The fourth-order valence-electron chi connectivity index (χ4n) is 2.45. The maximum absolute atomic E-state index is 12.1. The van der Waals surface area contributed by atoms with Crippen molar-refractivity contribution in [3.05, 3.63) is 23.8 Å². The van der Waals surface area contributed by atoms with Crippen LogP contribution in [-0.2, 0) is 0 Å². The highest BCUT2D eigenvalue weighted by Crippen LogP contribution is 2.24. The minimum absolute atomic E-state index is 0.133. The molecule has 3 N–H and O–H groups in total. The van der Waals surface area contributed by atoms with Gasteiger partial charge < -0.3 is 20.7 Å². The number of rotatable bonds is 4. The van der Waals surface area contributed by atoms with Crippen LogP contribution in [0, 0.1) is 5.92 Å². The first kappa shape index (κ1) is 13.7. The first-order valence-electron chi connectivity index (χ1n) is 6.51. The van der Waals surface area contributed by atoms with Crippen LogP contribution >= 0.6 is 0 Å². The number of nitrogen functional groups attached to an aromatic ring is 1. The molecular weight excluding hydrogens is 242 g/mol. The Labute approximate surface area is 113 Å². The van der Waals surface area contributed by atoms with E-state index in [4.69, 9.17) is 10.5 Å².